The Kier molecular flexibility index (Phi) is 3.70. The molecule has 3 aromatic rings. The van der Waals surface area contributed by atoms with Gasteiger partial charge in [0.1, 0.15) is 5.82 Å². The topological polar surface area (TPSA) is 84.1 Å². The maximum absolute atomic E-state index is 5.66. The quantitative estimate of drug-likeness (QED) is 0.764. The first-order valence-corrected chi connectivity index (χ1v) is 7.97. The van der Waals surface area contributed by atoms with Crippen LogP contribution in [-0.2, 0) is 0 Å². The van der Waals surface area contributed by atoms with Crippen LogP contribution in [0.15, 0.2) is 36.8 Å². The smallest absolute Gasteiger partial charge is 0.220 e. The summed E-state index contributed by atoms with van der Waals surface area (Å²) in [5.74, 6) is 1.28. The molecule has 1 aliphatic heterocycles. The zero-order chi connectivity index (χ0) is 16.5. The summed E-state index contributed by atoms with van der Waals surface area (Å²) < 4.78 is 0. The number of pyridine rings is 2. The zero-order valence-corrected chi connectivity index (χ0v) is 13.6. The Balaban J connectivity index is 1.60. The standard InChI is InChI=1S/C17H19N7/c1-23-4-6-24(7-5-23)16-3-2-12(9-20-16)14-8-15-13(10-19-14)11-21-17(18)22-15/h2-3,8-11H,4-7H2,1H3,(H2,18,21,22). The van der Waals surface area contributed by atoms with Gasteiger partial charge in [-0.15, -0.1) is 0 Å². The van der Waals surface area contributed by atoms with E-state index in [-0.39, 0.29) is 5.95 Å². The fourth-order valence-corrected chi connectivity index (χ4v) is 2.86. The van der Waals surface area contributed by atoms with E-state index in [1.165, 1.54) is 0 Å². The van der Waals surface area contributed by atoms with Gasteiger partial charge in [0.05, 0.1) is 11.2 Å². The maximum atomic E-state index is 5.66. The fraction of sp³-hybridized carbons (Fsp3) is 0.294. The molecule has 4 heterocycles. The van der Waals surface area contributed by atoms with Crippen LogP contribution in [0, 0.1) is 0 Å². The van der Waals surface area contributed by atoms with Gasteiger partial charge < -0.3 is 15.5 Å². The van der Waals surface area contributed by atoms with E-state index in [0.717, 1.165) is 54.2 Å². The van der Waals surface area contributed by atoms with E-state index in [2.05, 4.69) is 48.9 Å². The van der Waals surface area contributed by atoms with Gasteiger partial charge in [-0.1, -0.05) is 0 Å². The molecule has 7 heteroatoms. The molecule has 0 unspecified atom stereocenters. The Morgan fingerprint density at radius 3 is 2.50 bits per heavy atom. The molecule has 0 aromatic carbocycles. The number of hydrogen-bond donors (Lipinski definition) is 1. The number of fused-ring (bicyclic) bond motifs is 1. The number of likely N-dealkylation sites (N-methyl/N-ethyl adjacent to an activating group) is 1. The lowest BCUT2D eigenvalue weighted by molar-refractivity contribution is 0.312. The Morgan fingerprint density at radius 2 is 1.75 bits per heavy atom. The Bertz CT molecular complexity index is 854. The van der Waals surface area contributed by atoms with Crippen LogP contribution in [0.4, 0.5) is 11.8 Å². The molecule has 0 atom stereocenters. The number of nitrogens with zero attached hydrogens (tertiary/aromatic N) is 6. The van der Waals surface area contributed by atoms with Crippen molar-refractivity contribution in [3.63, 3.8) is 0 Å². The summed E-state index contributed by atoms with van der Waals surface area (Å²) in [4.78, 5) is 22.0. The molecule has 4 rings (SSSR count). The van der Waals surface area contributed by atoms with Crippen molar-refractivity contribution in [1.82, 2.24) is 24.8 Å². The second-order valence-electron chi connectivity index (χ2n) is 6.05. The van der Waals surface area contributed by atoms with E-state index in [1.807, 2.05) is 12.3 Å². The molecule has 1 aliphatic rings. The Morgan fingerprint density at radius 1 is 0.958 bits per heavy atom. The number of nitrogens with two attached hydrogens (primary N) is 1. The molecule has 24 heavy (non-hydrogen) atoms. The van der Waals surface area contributed by atoms with Crippen LogP contribution in [0.25, 0.3) is 22.2 Å². The number of anilines is 2. The van der Waals surface area contributed by atoms with Gasteiger partial charge in [0.15, 0.2) is 0 Å². The van der Waals surface area contributed by atoms with Gasteiger partial charge in [-0.25, -0.2) is 15.0 Å². The first-order chi connectivity index (χ1) is 11.7. The number of hydrogen-bond acceptors (Lipinski definition) is 7. The summed E-state index contributed by atoms with van der Waals surface area (Å²) in [5, 5.41) is 0.870. The minimum Gasteiger partial charge on any atom is -0.368 e. The van der Waals surface area contributed by atoms with E-state index in [9.17, 15) is 0 Å². The van der Waals surface area contributed by atoms with Gasteiger partial charge in [0.25, 0.3) is 0 Å². The van der Waals surface area contributed by atoms with Crippen molar-refractivity contribution < 1.29 is 0 Å². The van der Waals surface area contributed by atoms with Gasteiger partial charge in [-0.3, -0.25) is 4.98 Å². The second kappa shape index (κ2) is 6.01. The molecular weight excluding hydrogens is 302 g/mol. The summed E-state index contributed by atoms with van der Waals surface area (Å²) >= 11 is 0. The molecular formula is C17H19N7. The van der Waals surface area contributed by atoms with E-state index in [1.54, 1.807) is 12.4 Å². The third kappa shape index (κ3) is 2.85. The van der Waals surface area contributed by atoms with Crippen LogP contribution in [0.3, 0.4) is 0 Å². The lowest BCUT2D eigenvalue weighted by atomic mass is 10.1. The monoisotopic (exact) mass is 321 g/mol. The Hall–Kier alpha value is -2.80. The zero-order valence-electron chi connectivity index (χ0n) is 13.6. The van der Waals surface area contributed by atoms with Crippen LogP contribution in [0.2, 0.25) is 0 Å². The van der Waals surface area contributed by atoms with Crippen molar-refractivity contribution in [1.29, 1.82) is 0 Å². The highest BCUT2D eigenvalue weighted by atomic mass is 15.3. The third-order valence-corrected chi connectivity index (χ3v) is 4.35. The molecule has 122 valence electrons. The normalized spacial score (nSPS) is 15.8. The highest BCUT2D eigenvalue weighted by Crippen LogP contribution is 2.22. The van der Waals surface area contributed by atoms with Crippen LogP contribution in [-0.4, -0.2) is 58.1 Å². The molecule has 2 N–H and O–H groups in total. The van der Waals surface area contributed by atoms with Gasteiger partial charge in [0, 0.05) is 55.7 Å². The number of rotatable bonds is 2. The Labute approximate surface area is 140 Å². The SMILES string of the molecule is CN1CCN(c2ccc(-c3cc4nc(N)ncc4cn3)cn2)CC1. The van der Waals surface area contributed by atoms with E-state index in [4.69, 9.17) is 5.73 Å². The van der Waals surface area contributed by atoms with Crippen LogP contribution in [0.1, 0.15) is 0 Å². The predicted octanol–water partition coefficient (Wildman–Crippen LogP) is 1.42. The molecule has 0 amide bonds. The first kappa shape index (κ1) is 14.8. The van der Waals surface area contributed by atoms with Gasteiger partial charge in [0.2, 0.25) is 5.95 Å². The highest BCUT2D eigenvalue weighted by molar-refractivity contribution is 5.81. The summed E-state index contributed by atoms with van der Waals surface area (Å²) in [6.07, 6.45) is 5.31. The summed E-state index contributed by atoms with van der Waals surface area (Å²) in [6.45, 7) is 4.15. The van der Waals surface area contributed by atoms with Crippen LogP contribution in [0.5, 0.6) is 0 Å². The molecule has 0 radical (unpaired) electrons. The first-order valence-electron chi connectivity index (χ1n) is 7.97. The second-order valence-corrected chi connectivity index (χ2v) is 6.05. The van der Waals surface area contributed by atoms with Crippen molar-refractivity contribution >= 4 is 22.7 Å². The molecule has 3 aromatic heterocycles. The number of aromatic nitrogens is 4. The van der Waals surface area contributed by atoms with Crippen molar-refractivity contribution in [2.45, 2.75) is 0 Å². The number of piperazine rings is 1. The summed E-state index contributed by atoms with van der Waals surface area (Å²) in [5.41, 5.74) is 8.24. The lowest BCUT2D eigenvalue weighted by Gasteiger charge is -2.33. The van der Waals surface area contributed by atoms with Crippen molar-refractivity contribution in [2.75, 3.05) is 43.9 Å². The molecule has 0 spiro atoms. The van der Waals surface area contributed by atoms with Crippen LogP contribution < -0.4 is 10.6 Å². The lowest BCUT2D eigenvalue weighted by Crippen LogP contribution is -2.44. The highest BCUT2D eigenvalue weighted by Gasteiger charge is 2.15. The molecule has 0 bridgehead atoms. The third-order valence-electron chi connectivity index (χ3n) is 4.35. The van der Waals surface area contributed by atoms with Crippen molar-refractivity contribution in [2.24, 2.45) is 0 Å². The molecule has 7 nitrogen and oxygen atoms in total. The maximum Gasteiger partial charge on any atom is 0.220 e. The minimum atomic E-state index is 0.267. The average Bonchev–Trinajstić information content (AvgIpc) is 2.62. The van der Waals surface area contributed by atoms with Gasteiger partial charge in [-0.05, 0) is 25.2 Å². The van der Waals surface area contributed by atoms with Gasteiger partial charge in [-0.2, -0.15) is 0 Å². The predicted molar refractivity (Wildman–Crippen MR) is 94.7 cm³/mol. The number of nitrogen functional groups attached to an aromatic ring is 1. The largest absolute Gasteiger partial charge is 0.368 e. The van der Waals surface area contributed by atoms with Crippen LogP contribution >= 0.6 is 0 Å². The van der Waals surface area contributed by atoms with Crippen molar-refractivity contribution in [3.05, 3.63) is 36.8 Å². The summed E-state index contributed by atoms with van der Waals surface area (Å²) in [6, 6.07) is 6.03. The molecule has 1 fully saturated rings. The molecule has 0 saturated carbocycles. The average molecular weight is 321 g/mol. The van der Waals surface area contributed by atoms with Crippen molar-refractivity contribution in [3.8, 4) is 11.3 Å². The molecule has 0 aliphatic carbocycles. The van der Waals surface area contributed by atoms with E-state index < -0.39 is 0 Å². The summed E-state index contributed by atoms with van der Waals surface area (Å²) in [7, 11) is 2.15. The van der Waals surface area contributed by atoms with Gasteiger partial charge >= 0.3 is 0 Å². The van der Waals surface area contributed by atoms with E-state index in [0.29, 0.717) is 0 Å². The fourth-order valence-electron chi connectivity index (χ4n) is 2.86. The van der Waals surface area contributed by atoms with E-state index >= 15 is 0 Å². The minimum absolute atomic E-state index is 0.267. The molecule has 1 saturated heterocycles.